The molecular formula is C19H19FN2O3. The van der Waals surface area contributed by atoms with E-state index in [1.54, 1.807) is 24.1 Å². The summed E-state index contributed by atoms with van der Waals surface area (Å²) in [6.07, 6.45) is -0.800. The van der Waals surface area contributed by atoms with Crippen LogP contribution in [0, 0.1) is 5.82 Å². The van der Waals surface area contributed by atoms with Crippen molar-refractivity contribution in [3.05, 3.63) is 71.5 Å². The molecule has 6 heteroatoms. The third-order valence-electron chi connectivity index (χ3n) is 4.26. The van der Waals surface area contributed by atoms with Crippen LogP contribution in [0.2, 0.25) is 0 Å². The molecule has 0 saturated carbocycles. The van der Waals surface area contributed by atoms with E-state index in [-0.39, 0.29) is 30.8 Å². The van der Waals surface area contributed by atoms with E-state index >= 15 is 0 Å². The topological polar surface area (TPSA) is 58.6 Å². The van der Waals surface area contributed by atoms with Gasteiger partial charge in [0.2, 0.25) is 5.91 Å². The Balaban J connectivity index is 1.74. The molecule has 2 atom stereocenters. The first-order valence-corrected chi connectivity index (χ1v) is 8.00. The van der Waals surface area contributed by atoms with Gasteiger partial charge in [-0.25, -0.2) is 4.39 Å². The van der Waals surface area contributed by atoms with Crippen molar-refractivity contribution in [3.8, 4) is 0 Å². The number of ether oxygens (including phenoxy) is 1. The molecule has 0 aliphatic carbocycles. The lowest BCUT2D eigenvalue weighted by atomic mass is 9.97. The summed E-state index contributed by atoms with van der Waals surface area (Å²) in [6.45, 7) is 0.132. The predicted octanol–water partition coefficient (Wildman–Crippen LogP) is 2.04. The normalized spacial score (nSPS) is 20.4. The Hall–Kier alpha value is -2.73. The summed E-state index contributed by atoms with van der Waals surface area (Å²) >= 11 is 0. The molecule has 5 nitrogen and oxygen atoms in total. The highest BCUT2D eigenvalue weighted by Gasteiger charge is 2.39. The van der Waals surface area contributed by atoms with Crippen molar-refractivity contribution in [2.24, 2.45) is 0 Å². The first-order valence-electron chi connectivity index (χ1n) is 8.00. The summed E-state index contributed by atoms with van der Waals surface area (Å²) in [6, 6.07) is 14.7. The van der Waals surface area contributed by atoms with Gasteiger partial charge in [-0.15, -0.1) is 0 Å². The third-order valence-corrected chi connectivity index (χ3v) is 4.26. The number of carbonyl (C=O) groups excluding carboxylic acids is 2. The monoisotopic (exact) mass is 342 g/mol. The van der Waals surface area contributed by atoms with Gasteiger partial charge in [0.25, 0.3) is 5.91 Å². The van der Waals surface area contributed by atoms with Crippen LogP contribution in [0.15, 0.2) is 54.6 Å². The highest BCUT2D eigenvalue weighted by molar-refractivity contribution is 5.86. The number of hydrogen-bond acceptors (Lipinski definition) is 3. The number of morpholine rings is 1. The molecule has 1 fully saturated rings. The summed E-state index contributed by atoms with van der Waals surface area (Å²) in [5.41, 5.74) is 1.62. The Morgan fingerprint density at radius 1 is 1.20 bits per heavy atom. The predicted molar refractivity (Wildman–Crippen MR) is 89.9 cm³/mol. The maximum absolute atomic E-state index is 13.0. The van der Waals surface area contributed by atoms with Crippen LogP contribution < -0.4 is 5.32 Å². The van der Waals surface area contributed by atoms with Gasteiger partial charge in [-0.1, -0.05) is 42.5 Å². The molecule has 0 radical (unpaired) electrons. The van der Waals surface area contributed by atoms with Crippen LogP contribution in [0.4, 0.5) is 4.39 Å². The second-order valence-corrected chi connectivity index (χ2v) is 5.94. The van der Waals surface area contributed by atoms with Crippen LogP contribution in [0.3, 0.4) is 0 Å². The number of benzene rings is 2. The number of rotatable bonds is 4. The van der Waals surface area contributed by atoms with Crippen molar-refractivity contribution < 1.29 is 18.7 Å². The average Bonchev–Trinajstić information content (AvgIpc) is 2.64. The average molecular weight is 342 g/mol. The number of hydrogen-bond donors (Lipinski definition) is 1. The lowest BCUT2D eigenvalue weighted by Gasteiger charge is -2.38. The molecule has 1 aliphatic heterocycles. The smallest absolute Gasteiger partial charge is 0.251 e. The zero-order chi connectivity index (χ0) is 17.8. The quantitative estimate of drug-likeness (QED) is 0.925. The molecule has 3 rings (SSSR count). The fourth-order valence-corrected chi connectivity index (χ4v) is 2.87. The summed E-state index contributed by atoms with van der Waals surface area (Å²) in [4.78, 5) is 26.2. The molecule has 0 bridgehead atoms. The number of nitrogens with zero attached hydrogens (tertiary/aromatic N) is 1. The van der Waals surface area contributed by atoms with E-state index in [4.69, 9.17) is 4.74 Å². The molecule has 1 saturated heterocycles. The zero-order valence-corrected chi connectivity index (χ0v) is 13.8. The SMILES string of the molecule is CN1C(=O)CO[C@H](C(=O)NCc2ccc(F)cc2)[C@H]1c1ccccc1. The molecule has 1 heterocycles. The van der Waals surface area contributed by atoms with E-state index in [9.17, 15) is 14.0 Å². The summed E-state index contributed by atoms with van der Waals surface area (Å²) in [5, 5.41) is 2.80. The number of likely N-dealkylation sites (N-methyl/N-ethyl adjacent to an activating group) is 1. The van der Waals surface area contributed by atoms with Crippen LogP contribution in [-0.2, 0) is 20.9 Å². The minimum atomic E-state index is -0.800. The highest BCUT2D eigenvalue weighted by atomic mass is 19.1. The van der Waals surface area contributed by atoms with Crippen molar-refractivity contribution in [2.45, 2.75) is 18.7 Å². The van der Waals surface area contributed by atoms with Gasteiger partial charge in [0.1, 0.15) is 12.4 Å². The van der Waals surface area contributed by atoms with Gasteiger partial charge in [0.15, 0.2) is 6.10 Å². The van der Waals surface area contributed by atoms with Gasteiger partial charge in [-0.05, 0) is 23.3 Å². The van der Waals surface area contributed by atoms with E-state index < -0.39 is 12.1 Å². The minimum absolute atomic E-state index is 0.130. The molecule has 0 spiro atoms. The second kappa shape index (κ2) is 7.44. The molecular weight excluding hydrogens is 323 g/mol. The van der Waals surface area contributed by atoms with Crippen LogP contribution in [0.25, 0.3) is 0 Å². The third kappa shape index (κ3) is 3.85. The van der Waals surface area contributed by atoms with Crippen molar-refractivity contribution >= 4 is 11.8 Å². The van der Waals surface area contributed by atoms with Crippen molar-refractivity contribution in [2.75, 3.05) is 13.7 Å². The molecule has 2 amide bonds. The second-order valence-electron chi connectivity index (χ2n) is 5.94. The first-order chi connectivity index (χ1) is 12.1. The van der Waals surface area contributed by atoms with Gasteiger partial charge in [-0.3, -0.25) is 9.59 Å². The Kier molecular flexibility index (Phi) is 5.09. The standard InChI is InChI=1S/C19H19FN2O3/c1-22-16(23)12-25-18(17(22)14-5-3-2-4-6-14)19(24)21-11-13-7-9-15(20)10-8-13/h2-10,17-18H,11-12H2,1H3,(H,21,24)/t17-,18+/m1/s1. The lowest BCUT2D eigenvalue weighted by Crippen LogP contribution is -2.52. The Bertz CT molecular complexity index is 749. The molecule has 0 unspecified atom stereocenters. The first kappa shape index (κ1) is 17.1. The summed E-state index contributed by atoms with van der Waals surface area (Å²) < 4.78 is 18.5. The van der Waals surface area contributed by atoms with Crippen LogP contribution >= 0.6 is 0 Å². The zero-order valence-electron chi connectivity index (χ0n) is 13.8. The maximum Gasteiger partial charge on any atom is 0.251 e. The maximum atomic E-state index is 13.0. The van der Waals surface area contributed by atoms with Crippen LogP contribution in [0.1, 0.15) is 17.2 Å². The number of halogens is 1. The molecule has 25 heavy (non-hydrogen) atoms. The molecule has 0 aromatic heterocycles. The van der Waals surface area contributed by atoms with Crippen LogP contribution in [0.5, 0.6) is 0 Å². The van der Waals surface area contributed by atoms with Crippen LogP contribution in [-0.4, -0.2) is 36.5 Å². The van der Waals surface area contributed by atoms with Gasteiger partial charge < -0.3 is 15.0 Å². The van der Waals surface area contributed by atoms with Crippen molar-refractivity contribution in [1.29, 1.82) is 0 Å². The lowest BCUT2D eigenvalue weighted by molar-refractivity contribution is -0.162. The molecule has 1 aliphatic rings. The van der Waals surface area contributed by atoms with Crippen molar-refractivity contribution in [1.82, 2.24) is 10.2 Å². The Morgan fingerprint density at radius 3 is 2.56 bits per heavy atom. The molecule has 2 aromatic carbocycles. The molecule has 130 valence electrons. The highest BCUT2D eigenvalue weighted by Crippen LogP contribution is 2.29. The van der Waals surface area contributed by atoms with Gasteiger partial charge >= 0.3 is 0 Å². The Morgan fingerprint density at radius 2 is 1.88 bits per heavy atom. The van der Waals surface area contributed by atoms with E-state index in [1.807, 2.05) is 30.3 Å². The largest absolute Gasteiger partial charge is 0.356 e. The fraction of sp³-hybridized carbons (Fsp3) is 0.263. The van der Waals surface area contributed by atoms with Gasteiger partial charge in [0, 0.05) is 13.6 Å². The number of nitrogens with one attached hydrogen (secondary N) is 1. The summed E-state index contributed by atoms with van der Waals surface area (Å²) in [5.74, 6) is -0.802. The summed E-state index contributed by atoms with van der Waals surface area (Å²) in [7, 11) is 1.67. The van der Waals surface area contributed by atoms with E-state index in [2.05, 4.69) is 5.32 Å². The van der Waals surface area contributed by atoms with E-state index in [1.165, 1.54) is 12.1 Å². The molecule has 1 N–H and O–H groups in total. The van der Waals surface area contributed by atoms with E-state index in [0.29, 0.717) is 0 Å². The van der Waals surface area contributed by atoms with Gasteiger partial charge in [0.05, 0.1) is 6.04 Å². The molecule has 2 aromatic rings. The van der Waals surface area contributed by atoms with Crippen molar-refractivity contribution in [3.63, 3.8) is 0 Å². The number of amides is 2. The fourth-order valence-electron chi connectivity index (χ4n) is 2.87. The number of carbonyl (C=O) groups is 2. The van der Waals surface area contributed by atoms with Gasteiger partial charge in [-0.2, -0.15) is 0 Å². The minimum Gasteiger partial charge on any atom is -0.356 e. The van der Waals surface area contributed by atoms with E-state index in [0.717, 1.165) is 11.1 Å². The Labute approximate surface area is 145 Å².